The van der Waals surface area contributed by atoms with Gasteiger partial charge in [-0.25, -0.2) is 0 Å². The van der Waals surface area contributed by atoms with Gasteiger partial charge in [-0.05, 0) is 13.3 Å². The molecule has 1 unspecified atom stereocenters. The Bertz CT molecular complexity index is 39.1. The number of hydrogen-bond acceptors (Lipinski definition) is 1. The fraction of sp³-hybridized carbons (Fsp3) is 1.00. The molecular weight excluding hydrogens is 108 g/mol. The molecule has 0 amide bonds. The zero-order valence-corrected chi connectivity index (χ0v) is 5.62. The summed E-state index contributed by atoms with van der Waals surface area (Å²) >= 11 is 4.82. The standard InChI is InChI=1S/C5H11OS/c1-3-5(7)6-4-2/h5H,3-4H2,1-2H3. The minimum Gasteiger partial charge on any atom is -0.367 e. The number of hydrogen-bond donors (Lipinski definition) is 0. The Morgan fingerprint density at radius 1 is 1.57 bits per heavy atom. The van der Waals surface area contributed by atoms with Crippen molar-refractivity contribution in [3.63, 3.8) is 0 Å². The van der Waals surface area contributed by atoms with Crippen molar-refractivity contribution in [2.75, 3.05) is 6.61 Å². The van der Waals surface area contributed by atoms with Gasteiger partial charge in [0.2, 0.25) is 0 Å². The van der Waals surface area contributed by atoms with Crippen molar-refractivity contribution in [3.05, 3.63) is 0 Å². The van der Waals surface area contributed by atoms with Crippen LogP contribution in [0.5, 0.6) is 0 Å². The van der Waals surface area contributed by atoms with E-state index in [1.165, 1.54) is 0 Å². The van der Waals surface area contributed by atoms with Crippen LogP contribution in [0.3, 0.4) is 0 Å². The summed E-state index contributed by atoms with van der Waals surface area (Å²) < 4.78 is 5.01. The number of rotatable bonds is 3. The molecule has 1 nitrogen and oxygen atoms in total. The molecule has 1 radical (unpaired) electrons. The zero-order chi connectivity index (χ0) is 5.70. The van der Waals surface area contributed by atoms with Crippen LogP contribution in [-0.4, -0.2) is 12.0 Å². The lowest BCUT2D eigenvalue weighted by molar-refractivity contribution is 0.124. The van der Waals surface area contributed by atoms with E-state index in [1.54, 1.807) is 0 Å². The van der Waals surface area contributed by atoms with Gasteiger partial charge in [-0.1, -0.05) is 19.6 Å². The minimum atomic E-state index is 0.0324. The molecule has 0 saturated carbocycles. The van der Waals surface area contributed by atoms with E-state index in [0.29, 0.717) is 0 Å². The normalized spacial score (nSPS) is 14.1. The third-order valence-electron chi connectivity index (χ3n) is 0.686. The predicted octanol–water partition coefficient (Wildman–Crippen LogP) is 1.96. The topological polar surface area (TPSA) is 9.23 Å². The van der Waals surface area contributed by atoms with Crippen LogP contribution in [-0.2, 0) is 4.74 Å². The second-order valence-corrected chi connectivity index (χ2v) is 1.82. The van der Waals surface area contributed by atoms with Crippen LogP contribution < -0.4 is 0 Å². The Hall–Kier alpha value is 0.310. The highest BCUT2D eigenvalue weighted by atomic mass is 32.1. The van der Waals surface area contributed by atoms with Gasteiger partial charge in [0.15, 0.2) is 0 Å². The molecule has 0 bridgehead atoms. The third-order valence-corrected chi connectivity index (χ3v) is 1.16. The van der Waals surface area contributed by atoms with Gasteiger partial charge >= 0.3 is 0 Å². The van der Waals surface area contributed by atoms with E-state index in [9.17, 15) is 0 Å². The fourth-order valence-electron chi connectivity index (χ4n) is 0.304. The van der Waals surface area contributed by atoms with Crippen molar-refractivity contribution in [2.24, 2.45) is 0 Å². The van der Waals surface area contributed by atoms with Crippen LogP contribution in [0.2, 0.25) is 0 Å². The average molecular weight is 119 g/mol. The molecule has 1 atom stereocenters. The Kier molecular flexibility index (Phi) is 4.67. The van der Waals surface area contributed by atoms with E-state index in [-0.39, 0.29) is 5.44 Å². The largest absolute Gasteiger partial charge is 0.367 e. The average Bonchev–Trinajstić information content (AvgIpc) is 1.68. The first-order chi connectivity index (χ1) is 3.31. The molecule has 0 rings (SSSR count). The van der Waals surface area contributed by atoms with E-state index in [1.807, 2.05) is 13.8 Å². The highest BCUT2D eigenvalue weighted by Crippen LogP contribution is 1.99. The molecule has 0 spiro atoms. The first-order valence-corrected chi connectivity index (χ1v) is 3.05. The van der Waals surface area contributed by atoms with E-state index in [2.05, 4.69) is 0 Å². The maximum absolute atomic E-state index is 5.01. The Labute approximate surface area is 50.5 Å². The van der Waals surface area contributed by atoms with E-state index < -0.39 is 0 Å². The van der Waals surface area contributed by atoms with Gasteiger partial charge in [0.1, 0.15) is 5.44 Å². The van der Waals surface area contributed by atoms with Gasteiger partial charge in [0.05, 0.1) is 0 Å². The quantitative estimate of drug-likeness (QED) is 0.551. The van der Waals surface area contributed by atoms with Gasteiger partial charge in [0.25, 0.3) is 0 Å². The smallest absolute Gasteiger partial charge is 0.113 e. The second kappa shape index (κ2) is 4.47. The molecular formula is C5H11OS. The summed E-state index contributed by atoms with van der Waals surface area (Å²) in [5.74, 6) is 0. The maximum Gasteiger partial charge on any atom is 0.113 e. The molecule has 7 heavy (non-hydrogen) atoms. The molecule has 0 aliphatic heterocycles. The summed E-state index contributed by atoms with van der Waals surface area (Å²) in [7, 11) is 0. The first-order valence-electron chi connectivity index (χ1n) is 2.58. The van der Waals surface area contributed by atoms with Crippen molar-refractivity contribution >= 4 is 12.6 Å². The predicted molar refractivity (Wildman–Crippen MR) is 33.3 cm³/mol. The highest BCUT2D eigenvalue weighted by molar-refractivity contribution is 7.80. The van der Waals surface area contributed by atoms with E-state index in [4.69, 9.17) is 17.4 Å². The van der Waals surface area contributed by atoms with Crippen LogP contribution >= 0.6 is 12.6 Å². The van der Waals surface area contributed by atoms with Crippen molar-refractivity contribution in [1.82, 2.24) is 0 Å². The van der Waals surface area contributed by atoms with Crippen LogP contribution in [0.1, 0.15) is 20.3 Å². The molecule has 0 aromatic carbocycles. The molecule has 0 N–H and O–H groups in total. The lowest BCUT2D eigenvalue weighted by atomic mass is 10.5. The van der Waals surface area contributed by atoms with Crippen molar-refractivity contribution in [1.29, 1.82) is 0 Å². The molecule has 2 heteroatoms. The van der Waals surface area contributed by atoms with E-state index in [0.717, 1.165) is 13.0 Å². The zero-order valence-electron chi connectivity index (χ0n) is 4.81. The summed E-state index contributed by atoms with van der Waals surface area (Å²) in [5.41, 5.74) is 0.0324. The van der Waals surface area contributed by atoms with Crippen LogP contribution in [0.4, 0.5) is 0 Å². The molecule has 0 fully saturated rings. The van der Waals surface area contributed by atoms with Crippen molar-refractivity contribution in [3.8, 4) is 0 Å². The summed E-state index contributed by atoms with van der Waals surface area (Å²) in [6.07, 6.45) is 0.934. The Balaban J connectivity index is 2.83. The van der Waals surface area contributed by atoms with Crippen LogP contribution in [0.25, 0.3) is 0 Å². The van der Waals surface area contributed by atoms with E-state index >= 15 is 0 Å². The molecule has 0 heterocycles. The molecule has 0 aliphatic rings. The first kappa shape index (κ1) is 7.31. The van der Waals surface area contributed by atoms with Gasteiger partial charge in [-0.2, -0.15) is 0 Å². The molecule has 0 aliphatic carbocycles. The number of ether oxygens (including phenoxy) is 1. The second-order valence-electron chi connectivity index (χ2n) is 1.29. The summed E-state index contributed by atoms with van der Waals surface area (Å²) in [6.45, 7) is 4.71. The van der Waals surface area contributed by atoms with Crippen molar-refractivity contribution in [2.45, 2.75) is 25.7 Å². The third kappa shape index (κ3) is 4.16. The fourth-order valence-corrected chi connectivity index (χ4v) is 0.440. The Morgan fingerprint density at radius 2 is 2.14 bits per heavy atom. The van der Waals surface area contributed by atoms with Crippen molar-refractivity contribution < 1.29 is 4.74 Å². The maximum atomic E-state index is 5.01. The van der Waals surface area contributed by atoms with Gasteiger partial charge in [0, 0.05) is 6.61 Å². The molecule has 0 aromatic rings. The van der Waals surface area contributed by atoms with Gasteiger partial charge < -0.3 is 4.74 Å². The highest BCUT2D eigenvalue weighted by Gasteiger charge is 1.94. The summed E-state index contributed by atoms with van der Waals surface area (Å²) in [6, 6.07) is 0. The monoisotopic (exact) mass is 119 g/mol. The molecule has 0 aromatic heterocycles. The minimum absolute atomic E-state index is 0.0324. The summed E-state index contributed by atoms with van der Waals surface area (Å²) in [5, 5.41) is 0. The SMILES string of the molecule is CCOC([S])CC. The molecule has 0 saturated heterocycles. The Morgan fingerprint density at radius 3 is 2.29 bits per heavy atom. The molecule has 43 valence electrons. The van der Waals surface area contributed by atoms with Crippen LogP contribution in [0, 0.1) is 0 Å². The summed E-state index contributed by atoms with van der Waals surface area (Å²) in [4.78, 5) is 0. The van der Waals surface area contributed by atoms with Gasteiger partial charge in [-0.15, -0.1) is 0 Å². The lowest BCUT2D eigenvalue weighted by Crippen LogP contribution is -2.01. The van der Waals surface area contributed by atoms with Crippen LogP contribution in [0.15, 0.2) is 0 Å². The lowest BCUT2D eigenvalue weighted by Gasteiger charge is -2.03. The van der Waals surface area contributed by atoms with Gasteiger partial charge in [-0.3, -0.25) is 0 Å².